The Morgan fingerprint density at radius 1 is 0.974 bits per heavy atom. The number of carbonyl (C=O) groups is 1. The molecule has 5 fully saturated rings. The van der Waals surface area contributed by atoms with Crippen LogP contribution in [-0.2, 0) is 4.79 Å². The van der Waals surface area contributed by atoms with Crippen molar-refractivity contribution in [2.24, 2.45) is 17.3 Å². The maximum atomic E-state index is 12.8. The zero-order valence-electron chi connectivity index (χ0n) is 22.6. The van der Waals surface area contributed by atoms with Gasteiger partial charge in [-0.05, 0) is 87.5 Å². The van der Waals surface area contributed by atoms with E-state index in [2.05, 4.69) is 41.8 Å². The lowest BCUT2D eigenvalue weighted by Gasteiger charge is -2.59. The van der Waals surface area contributed by atoms with Crippen LogP contribution in [0.4, 0.5) is 17.6 Å². The molecule has 3 N–H and O–H groups in total. The van der Waals surface area contributed by atoms with Gasteiger partial charge in [0.2, 0.25) is 5.95 Å². The summed E-state index contributed by atoms with van der Waals surface area (Å²) in [4.78, 5) is 24.6. The highest BCUT2D eigenvalue weighted by Gasteiger charge is 2.54. The van der Waals surface area contributed by atoms with E-state index in [1.807, 2.05) is 6.07 Å². The number of ketones is 1. The number of aromatic nitrogens is 4. The predicted molar refractivity (Wildman–Crippen MR) is 148 cm³/mol. The van der Waals surface area contributed by atoms with Gasteiger partial charge >= 0.3 is 0 Å². The molecule has 4 saturated carbocycles. The number of rotatable bonds is 10. The van der Waals surface area contributed by atoms with Gasteiger partial charge in [-0.15, -0.1) is 0 Å². The number of nitrogens with one attached hydrogen (secondary N) is 3. The van der Waals surface area contributed by atoms with Gasteiger partial charge < -0.3 is 10.6 Å². The van der Waals surface area contributed by atoms with Crippen molar-refractivity contribution in [1.29, 1.82) is 0 Å². The summed E-state index contributed by atoms with van der Waals surface area (Å²) in [6.45, 7) is 2.62. The number of aromatic amines is 1. The Kier molecular flexibility index (Phi) is 6.62. The Labute approximate surface area is 226 Å². The average molecular weight is 518 g/mol. The highest BCUT2D eigenvalue weighted by Crippen LogP contribution is 2.55. The van der Waals surface area contributed by atoms with Crippen molar-refractivity contribution in [3.63, 3.8) is 0 Å². The molecule has 5 aliphatic rings. The molecule has 0 bridgehead atoms. The van der Waals surface area contributed by atoms with Crippen LogP contribution >= 0.6 is 0 Å². The molecule has 3 heterocycles. The lowest BCUT2D eigenvalue weighted by atomic mass is 9.56. The molecule has 2 aromatic heterocycles. The minimum absolute atomic E-state index is 0.371. The van der Waals surface area contributed by atoms with Gasteiger partial charge in [0, 0.05) is 61.9 Å². The molecule has 38 heavy (non-hydrogen) atoms. The average Bonchev–Trinajstić information content (AvgIpc) is 3.33. The monoisotopic (exact) mass is 517 g/mol. The fraction of sp³-hybridized carbons (Fsp3) is 0.733. The van der Waals surface area contributed by atoms with Crippen molar-refractivity contribution in [2.45, 2.75) is 108 Å². The van der Waals surface area contributed by atoms with Crippen molar-refractivity contribution < 1.29 is 4.79 Å². The third-order valence-electron chi connectivity index (χ3n) is 10.1. The first-order valence-electron chi connectivity index (χ1n) is 15.3. The van der Waals surface area contributed by atoms with E-state index in [9.17, 15) is 4.79 Å². The highest BCUT2D eigenvalue weighted by molar-refractivity contribution is 5.79. The molecule has 204 valence electrons. The normalized spacial score (nSPS) is 27.7. The number of likely N-dealkylation sites (tertiary alicyclic amines) is 1. The molecule has 0 amide bonds. The minimum Gasteiger partial charge on any atom is -0.351 e. The van der Waals surface area contributed by atoms with Crippen molar-refractivity contribution in [3.05, 3.63) is 24.0 Å². The van der Waals surface area contributed by atoms with E-state index < -0.39 is 0 Å². The van der Waals surface area contributed by atoms with Gasteiger partial charge in [-0.25, -0.2) is 4.98 Å². The first-order chi connectivity index (χ1) is 18.6. The topological polar surface area (TPSA) is 98.8 Å². The quantitative estimate of drug-likeness (QED) is 0.367. The van der Waals surface area contributed by atoms with E-state index in [4.69, 9.17) is 0 Å². The van der Waals surface area contributed by atoms with Gasteiger partial charge in [0.15, 0.2) is 5.82 Å². The number of anilines is 3. The van der Waals surface area contributed by atoms with E-state index in [0.29, 0.717) is 40.9 Å². The van der Waals surface area contributed by atoms with Crippen molar-refractivity contribution in [2.75, 3.05) is 23.7 Å². The van der Waals surface area contributed by atoms with Gasteiger partial charge in [-0.2, -0.15) is 10.1 Å². The minimum atomic E-state index is 0.371. The molecule has 0 radical (unpaired) electrons. The summed E-state index contributed by atoms with van der Waals surface area (Å²) >= 11 is 0. The molecule has 0 atom stereocenters. The van der Waals surface area contributed by atoms with Gasteiger partial charge in [0.05, 0.1) is 0 Å². The van der Waals surface area contributed by atoms with Crippen LogP contribution in [0.2, 0.25) is 0 Å². The van der Waals surface area contributed by atoms with Gasteiger partial charge in [-0.1, -0.05) is 12.8 Å². The molecule has 8 heteroatoms. The summed E-state index contributed by atoms with van der Waals surface area (Å²) in [7, 11) is 0. The second kappa shape index (κ2) is 10.2. The maximum Gasteiger partial charge on any atom is 0.224 e. The SMILES string of the molecule is O=C(CC1CCC(Nc2nccc(Nc3cc(C4CCCC4)[nH]n3)n2)CC1)CC1CC2(C1)CN(C1CC1)C2. The number of carbonyl (C=O) groups excluding carboxylic acids is 1. The van der Waals surface area contributed by atoms with Crippen LogP contribution in [0.15, 0.2) is 18.3 Å². The number of H-pyrrole nitrogens is 1. The molecule has 8 nitrogen and oxygen atoms in total. The molecule has 7 rings (SSSR count). The van der Waals surface area contributed by atoms with E-state index in [0.717, 1.165) is 56.2 Å². The molecular weight excluding hydrogens is 474 g/mol. The second-order valence-electron chi connectivity index (χ2n) is 13.3. The van der Waals surface area contributed by atoms with Crippen LogP contribution in [0.5, 0.6) is 0 Å². The van der Waals surface area contributed by atoms with E-state index in [1.54, 1.807) is 6.20 Å². The molecular formula is C30H43N7O. The zero-order chi connectivity index (χ0) is 25.5. The molecule has 2 aromatic rings. The lowest BCUT2D eigenvalue weighted by Crippen LogP contribution is -2.62. The Morgan fingerprint density at radius 2 is 1.74 bits per heavy atom. The largest absolute Gasteiger partial charge is 0.351 e. The van der Waals surface area contributed by atoms with Crippen LogP contribution in [0.1, 0.15) is 102 Å². The van der Waals surface area contributed by atoms with Crippen LogP contribution in [0.25, 0.3) is 0 Å². The fourth-order valence-corrected chi connectivity index (χ4v) is 7.98. The van der Waals surface area contributed by atoms with Gasteiger partial charge in [0.1, 0.15) is 11.6 Å². The van der Waals surface area contributed by atoms with Gasteiger partial charge in [-0.3, -0.25) is 14.8 Å². The lowest BCUT2D eigenvalue weighted by molar-refractivity contribution is -0.129. The van der Waals surface area contributed by atoms with Crippen LogP contribution in [0, 0.1) is 17.3 Å². The summed E-state index contributed by atoms with van der Waals surface area (Å²) in [5, 5.41) is 14.5. The number of nitrogens with zero attached hydrogens (tertiary/aromatic N) is 4. The Morgan fingerprint density at radius 3 is 2.50 bits per heavy atom. The summed E-state index contributed by atoms with van der Waals surface area (Å²) < 4.78 is 0. The van der Waals surface area contributed by atoms with E-state index >= 15 is 0 Å². The molecule has 0 unspecified atom stereocenters. The zero-order valence-corrected chi connectivity index (χ0v) is 22.6. The van der Waals surface area contributed by atoms with Crippen molar-refractivity contribution >= 4 is 23.4 Å². The van der Waals surface area contributed by atoms with E-state index in [-0.39, 0.29) is 0 Å². The van der Waals surface area contributed by atoms with Gasteiger partial charge in [0.25, 0.3) is 0 Å². The highest BCUT2D eigenvalue weighted by atomic mass is 16.1. The third kappa shape index (κ3) is 5.47. The van der Waals surface area contributed by atoms with Crippen molar-refractivity contribution in [1.82, 2.24) is 25.1 Å². The summed E-state index contributed by atoms with van der Waals surface area (Å²) in [6, 6.07) is 5.28. The maximum absolute atomic E-state index is 12.8. The predicted octanol–water partition coefficient (Wildman–Crippen LogP) is 5.80. The van der Waals surface area contributed by atoms with Crippen LogP contribution < -0.4 is 10.6 Å². The fourth-order valence-electron chi connectivity index (χ4n) is 7.98. The Balaban J connectivity index is 0.824. The molecule has 4 aliphatic carbocycles. The second-order valence-corrected chi connectivity index (χ2v) is 13.3. The smallest absolute Gasteiger partial charge is 0.224 e. The first kappa shape index (κ1) is 24.6. The Bertz CT molecular complexity index is 1120. The number of Topliss-reactive ketones (excluding diaryl/α,β-unsaturated/α-hetero) is 1. The number of hydrogen-bond acceptors (Lipinski definition) is 7. The molecule has 1 spiro atoms. The molecule has 1 saturated heterocycles. The summed E-state index contributed by atoms with van der Waals surface area (Å²) in [5.74, 6) is 4.56. The molecule has 0 aromatic carbocycles. The standard InChI is InChI=1S/C30H43N7O/c38-25(14-21-16-30(17-21)18-37(19-30)24-9-10-24)13-20-5-7-23(8-6-20)32-29-31-12-11-27(34-29)33-28-15-26(35-36-28)22-3-1-2-4-22/h11-12,15,20-24H,1-10,13-14,16-19H2,(H3,31,32,33,34,35,36). The van der Waals surface area contributed by atoms with E-state index in [1.165, 1.54) is 70.2 Å². The summed E-state index contributed by atoms with van der Waals surface area (Å²) in [6.07, 6.45) is 18.3. The summed E-state index contributed by atoms with van der Waals surface area (Å²) in [5.41, 5.74) is 1.82. The van der Waals surface area contributed by atoms with Crippen LogP contribution in [0.3, 0.4) is 0 Å². The van der Waals surface area contributed by atoms with Crippen LogP contribution in [-0.4, -0.2) is 56.0 Å². The first-order valence-corrected chi connectivity index (χ1v) is 15.3. The Hall–Kier alpha value is -2.48. The third-order valence-corrected chi connectivity index (χ3v) is 10.1. The number of hydrogen-bond donors (Lipinski definition) is 3. The van der Waals surface area contributed by atoms with Crippen molar-refractivity contribution in [3.8, 4) is 0 Å². The molecule has 1 aliphatic heterocycles.